The van der Waals surface area contributed by atoms with Crippen LogP contribution in [0, 0.1) is 5.92 Å². The fourth-order valence-corrected chi connectivity index (χ4v) is 2.57. The van der Waals surface area contributed by atoms with Gasteiger partial charge in [-0.1, -0.05) is 19.0 Å². The number of amides is 1. The number of nitrogens with two attached hydrogens (primary N) is 1. The predicted octanol–water partition coefficient (Wildman–Crippen LogP) is 2.14. The minimum Gasteiger partial charge on any atom is -0.461 e. The second kappa shape index (κ2) is 7.41. The summed E-state index contributed by atoms with van der Waals surface area (Å²) in [5, 5.41) is 6.84. The quantitative estimate of drug-likeness (QED) is 0.771. The molecule has 0 bridgehead atoms. The number of carbonyl (C=O) groups excluding carboxylic acids is 1. The van der Waals surface area contributed by atoms with Gasteiger partial charge in [0.2, 0.25) is 17.6 Å². The fourth-order valence-electron chi connectivity index (χ4n) is 2.57. The van der Waals surface area contributed by atoms with Crippen LogP contribution in [0.25, 0.3) is 11.6 Å². The van der Waals surface area contributed by atoms with Gasteiger partial charge in [-0.25, -0.2) is 0 Å². The summed E-state index contributed by atoms with van der Waals surface area (Å²) in [6.45, 7) is 6.58. The molecule has 0 aliphatic carbocycles. The maximum atomic E-state index is 12.1. The summed E-state index contributed by atoms with van der Waals surface area (Å²) in [6.07, 6.45) is 3.02. The van der Waals surface area contributed by atoms with Gasteiger partial charge in [0.05, 0.1) is 6.26 Å². The molecule has 0 saturated heterocycles. The summed E-state index contributed by atoms with van der Waals surface area (Å²) in [5.74, 6) is 1.71. The van der Waals surface area contributed by atoms with Gasteiger partial charge in [-0.05, 0) is 31.4 Å². The molecule has 2 aromatic heterocycles. The molecule has 1 amide bonds. The van der Waals surface area contributed by atoms with Crippen LogP contribution in [0.3, 0.4) is 0 Å². The van der Waals surface area contributed by atoms with E-state index in [1.54, 1.807) is 18.4 Å². The van der Waals surface area contributed by atoms with Crippen molar-refractivity contribution in [1.29, 1.82) is 0 Å². The number of aryl methyl sites for hydroxylation is 1. The van der Waals surface area contributed by atoms with E-state index < -0.39 is 0 Å². The zero-order valence-electron chi connectivity index (χ0n) is 13.8. The summed E-state index contributed by atoms with van der Waals surface area (Å²) >= 11 is 0. The van der Waals surface area contributed by atoms with E-state index >= 15 is 0 Å². The van der Waals surface area contributed by atoms with Gasteiger partial charge in [-0.2, -0.15) is 4.98 Å². The highest BCUT2D eigenvalue weighted by atomic mass is 16.5. The van der Waals surface area contributed by atoms with Crippen LogP contribution in [-0.2, 0) is 11.2 Å². The van der Waals surface area contributed by atoms with Crippen molar-refractivity contribution in [3.63, 3.8) is 0 Å². The van der Waals surface area contributed by atoms with Crippen LogP contribution in [0.5, 0.6) is 0 Å². The second-order valence-electron chi connectivity index (χ2n) is 6.40. The molecule has 0 fully saturated rings. The Bertz CT molecular complexity index is 621. The van der Waals surface area contributed by atoms with Crippen molar-refractivity contribution in [1.82, 2.24) is 15.5 Å². The topological polar surface area (TPSA) is 107 Å². The van der Waals surface area contributed by atoms with E-state index in [9.17, 15) is 4.79 Å². The number of aromatic nitrogens is 2. The Morgan fingerprint density at radius 1 is 1.48 bits per heavy atom. The molecule has 7 heteroatoms. The minimum absolute atomic E-state index is 0.0728. The van der Waals surface area contributed by atoms with Crippen LogP contribution in [0.15, 0.2) is 27.3 Å². The van der Waals surface area contributed by atoms with E-state index in [4.69, 9.17) is 14.7 Å². The average Bonchev–Trinajstić information content (AvgIpc) is 3.15. The van der Waals surface area contributed by atoms with E-state index in [-0.39, 0.29) is 17.9 Å². The molecule has 0 spiro atoms. The standard InChI is InChI=1S/C16H24N4O3/c1-11(2)9-16(3,10-17)19-13(21)6-7-14-18-15(20-23-14)12-5-4-8-22-12/h4-5,8,11H,6-7,9-10,17H2,1-3H3,(H,19,21). The molecule has 126 valence electrons. The van der Waals surface area contributed by atoms with E-state index in [1.807, 2.05) is 6.92 Å². The largest absolute Gasteiger partial charge is 0.461 e. The SMILES string of the molecule is CC(C)CC(C)(CN)NC(=O)CCc1nc(-c2ccco2)no1. The summed E-state index contributed by atoms with van der Waals surface area (Å²) in [5.41, 5.74) is 5.41. The van der Waals surface area contributed by atoms with Crippen LogP contribution in [0.2, 0.25) is 0 Å². The van der Waals surface area contributed by atoms with Gasteiger partial charge in [0, 0.05) is 24.9 Å². The lowest BCUT2D eigenvalue weighted by Crippen LogP contribution is -2.52. The molecular weight excluding hydrogens is 296 g/mol. The molecule has 0 aromatic carbocycles. The first kappa shape index (κ1) is 17.2. The fraction of sp³-hybridized carbons (Fsp3) is 0.562. The van der Waals surface area contributed by atoms with Gasteiger partial charge in [0.25, 0.3) is 0 Å². The number of hydrogen-bond donors (Lipinski definition) is 2. The first-order valence-electron chi connectivity index (χ1n) is 7.79. The highest BCUT2D eigenvalue weighted by molar-refractivity contribution is 5.76. The first-order valence-corrected chi connectivity index (χ1v) is 7.79. The number of rotatable bonds is 8. The second-order valence-corrected chi connectivity index (χ2v) is 6.40. The maximum Gasteiger partial charge on any atom is 0.238 e. The van der Waals surface area contributed by atoms with Crippen LogP contribution < -0.4 is 11.1 Å². The Morgan fingerprint density at radius 2 is 2.26 bits per heavy atom. The normalized spacial score (nSPS) is 14.0. The smallest absolute Gasteiger partial charge is 0.238 e. The van der Waals surface area contributed by atoms with Crippen molar-refractivity contribution in [2.24, 2.45) is 11.7 Å². The van der Waals surface area contributed by atoms with Crippen molar-refractivity contribution in [2.75, 3.05) is 6.54 Å². The van der Waals surface area contributed by atoms with Crippen LogP contribution in [-0.4, -0.2) is 28.1 Å². The van der Waals surface area contributed by atoms with Crippen molar-refractivity contribution >= 4 is 5.91 Å². The Labute approximate surface area is 135 Å². The molecule has 2 heterocycles. The van der Waals surface area contributed by atoms with Gasteiger partial charge < -0.3 is 20.0 Å². The van der Waals surface area contributed by atoms with Gasteiger partial charge in [-0.15, -0.1) is 0 Å². The van der Waals surface area contributed by atoms with E-state index in [1.165, 1.54) is 0 Å². The molecule has 2 aromatic rings. The van der Waals surface area contributed by atoms with Crippen LogP contribution in [0.1, 0.15) is 39.5 Å². The van der Waals surface area contributed by atoms with Gasteiger partial charge >= 0.3 is 0 Å². The summed E-state index contributed by atoms with van der Waals surface area (Å²) in [6, 6.07) is 3.50. The zero-order chi connectivity index (χ0) is 16.9. The molecule has 2 rings (SSSR count). The predicted molar refractivity (Wildman–Crippen MR) is 85.4 cm³/mol. The third kappa shape index (κ3) is 4.92. The van der Waals surface area contributed by atoms with Crippen molar-refractivity contribution in [3.05, 3.63) is 24.3 Å². The summed E-state index contributed by atoms with van der Waals surface area (Å²) < 4.78 is 10.3. The minimum atomic E-state index is -0.389. The number of furan rings is 1. The summed E-state index contributed by atoms with van der Waals surface area (Å²) in [7, 11) is 0. The number of nitrogens with one attached hydrogen (secondary N) is 1. The highest BCUT2D eigenvalue weighted by Crippen LogP contribution is 2.17. The van der Waals surface area contributed by atoms with E-state index in [2.05, 4.69) is 29.3 Å². The molecule has 23 heavy (non-hydrogen) atoms. The lowest BCUT2D eigenvalue weighted by atomic mass is 9.90. The third-order valence-electron chi connectivity index (χ3n) is 3.53. The van der Waals surface area contributed by atoms with Gasteiger partial charge in [0.1, 0.15) is 0 Å². The van der Waals surface area contributed by atoms with Crippen molar-refractivity contribution in [2.45, 2.75) is 45.6 Å². The van der Waals surface area contributed by atoms with Gasteiger partial charge in [-0.3, -0.25) is 4.79 Å². The number of carbonyl (C=O) groups is 1. The molecule has 1 unspecified atom stereocenters. The van der Waals surface area contributed by atoms with Crippen LogP contribution >= 0.6 is 0 Å². The molecule has 0 aliphatic heterocycles. The van der Waals surface area contributed by atoms with E-state index in [0.29, 0.717) is 36.4 Å². The molecular formula is C16H24N4O3. The molecule has 3 N–H and O–H groups in total. The summed E-state index contributed by atoms with van der Waals surface area (Å²) in [4.78, 5) is 16.3. The Hall–Kier alpha value is -2.15. The molecule has 0 radical (unpaired) electrons. The first-order chi connectivity index (χ1) is 10.9. The lowest BCUT2D eigenvalue weighted by Gasteiger charge is -2.31. The number of hydrogen-bond acceptors (Lipinski definition) is 6. The Morgan fingerprint density at radius 3 is 2.87 bits per heavy atom. The van der Waals surface area contributed by atoms with Gasteiger partial charge in [0.15, 0.2) is 5.76 Å². The van der Waals surface area contributed by atoms with E-state index in [0.717, 1.165) is 6.42 Å². The Kier molecular flexibility index (Phi) is 5.54. The van der Waals surface area contributed by atoms with Crippen LogP contribution in [0.4, 0.5) is 0 Å². The molecule has 0 aliphatic rings. The highest BCUT2D eigenvalue weighted by Gasteiger charge is 2.25. The average molecular weight is 320 g/mol. The zero-order valence-corrected chi connectivity index (χ0v) is 13.8. The molecule has 7 nitrogen and oxygen atoms in total. The van der Waals surface area contributed by atoms with Crippen molar-refractivity contribution < 1.29 is 13.7 Å². The monoisotopic (exact) mass is 320 g/mol. The number of nitrogens with zero attached hydrogens (tertiary/aromatic N) is 2. The molecule has 1 atom stereocenters. The van der Waals surface area contributed by atoms with Crippen molar-refractivity contribution in [3.8, 4) is 11.6 Å². The molecule has 0 saturated carbocycles. The Balaban J connectivity index is 1.87. The maximum absolute atomic E-state index is 12.1. The third-order valence-corrected chi connectivity index (χ3v) is 3.53. The lowest BCUT2D eigenvalue weighted by molar-refractivity contribution is -0.123.